The highest BCUT2D eigenvalue weighted by molar-refractivity contribution is 7.13. The van der Waals surface area contributed by atoms with Gasteiger partial charge in [-0.15, -0.1) is 11.3 Å². The molecule has 1 aromatic carbocycles. The van der Waals surface area contributed by atoms with Crippen molar-refractivity contribution >= 4 is 17.2 Å². The molecular formula is C13H11FN4S. The van der Waals surface area contributed by atoms with E-state index >= 15 is 0 Å². The molecule has 6 heteroatoms. The lowest BCUT2D eigenvalue weighted by Crippen LogP contribution is -1.98. The Bertz CT molecular complexity index is 718. The summed E-state index contributed by atoms with van der Waals surface area (Å²) in [7, 11) is 1.74. The van der Waals surface area contributed by atoms with Crippen molar-refractivity contribution in [2.24, 2.45) is 7.05 Å². The fourth-order valence-corrected chi connectivity index (χ4v) is 2.58. The van der Waals surface area contributed by atoms with Gasteiger partial charge in [0.2, 0.25) is 0 Å². The summed E-state index contributed by atoms with van der Waals surface area (Å²) in [5.74, 6) is 0.126. The van der Waals surface area contributed by atoms with Gasteiger partial charge in [-0.2, -0.15) is 5.10 Å². The van der Waals surface area contributed by atoms with E-state index in [1.165, 1.54) is 17.4 Å². The Morgan fingerprint density at radius 1 is 1.32 bits per heavy atom. The number of benzene rings is 1. The van der Waals surface area contributed by atoms with Crippen LogP contribution in [0.15, 0.2) is 36.0 Å². The van der Waals surface area contributed by atoms with Crippen molar-refractivity contribution in [2.45, 2.75) is 0 Å². The molecule has 0 unspecified atom stereocenters. The second-order valence-electron chi connectivity index (χ2n) is 4.08. The maximum atomic E-state index is 14.0. The normalized spacial score (nSPS) is 10.8. The molecule has 0 saturated heterocycles. The average Bonchev–Trinajstić information content (AvgIpc) is 3.01. The van der Waals surface area contributed by atoms with Gasteiger partial charge in [0.25, 0.3) is 0 Å². The molecule has 0 radical (unpaired) electrons. The third kappa shape index (κ3) is 1.90. The molecule has 0 bridgehead atoms. The fraction of sp³-hybridized carbons (Fsp3) is 0.0769. The summed E-state index contributed by atoms with van der Waals surface area (Å²) in [6, 6.07) is 6.55. The first-order chi connectivity index (χ1) is 9.18. The van der Waals surface area contributed by atoms with Crippen molar-refractivity contribution in [3.63, 3.8) is 0 Å². The zero-order chi connectivity index (χ0) is 13.4. The average molecular weight is 274 g/mol. The number of nitrogens with two attached hydrogens (primary N) is 1. The number of aromatic nitrogens is 3. The molecule has 2 heterocycles. The standard InChI is InChI=1S/C13H11FN4S/c1-18-13(15)11(8-4-2-3-5-9(8)14)12(17-18)10-6-16-7-19-10/h2-7H,15H2,1H3. The Kier molecular flexibility index (Phi) is 2.79. The van der Waals surface area contributed by atoms with E-state index in [0.29, 0.717) is 22.6 Å². The Morgan fingerprint density at radius 2 is 2.11 bits per heavy atom. The third-order valence-corrected chi connectivity index (χ3v) is 3.68. The number of thiazole rings is 1. The highest BCUT2D eigenvalue weighted by Gasteiger charge is 2.20. The molecular weight excluding hydrogens is 263 g/mol. The molecule has 0 aliphatic carbocycles. The molecule has 0 fully saturated rings. The Morgan fingerprint density at radius 3 is 2.79 bits per heavy atom. The SMILES string of the molecule is Cn1nc(-c2cncs2)c(-c2ccccc2F)c1N. The van der Waals surface area contributed by atoms with Crippen LogP contribution < -0.4 is 5.73 Å². The number of aryl methyl sites for hydroxylation is 1. The van der Waals surface area contributed by atoms with Crippen LogP contribution in [0.3, 0.4) is 0 Å². The summed E-state index contributed by atoms with van der Waals surface area (Å²) in [5.41, 5.74) is 9.47. The van der Waals surface area contributed by atoms with Crippen molar-refractivity contribution < 1.29 is 4.39 Å². The smallest absolute Gasteiger partial charge is 0.131 e. The molecule has 2 aromatic heterocycles. The van der Waals surface area contributed by atoms with Gasteiger partial charge in [-0.1, -0.05) is 18.2 Å². The number of anilines is 1. The van der Waals surface area contributed by atoms with Gasteiger partial charge < -0.3 is 5.73 Å². The van der Waals surface area contributed by atoms with Crippen LogP contribution in [0.2, 0.25) is 0 Å². The van der Waals surface area contributed by atoms with Gasteiger partial charge >= 0.3 is 0 Å². The van der Waals surface area contributed by atoms with Crippen LogP contribution in [0.1, 0.15) is 0 Å². The van der Waals surface area contributed by atoms with Gasteiger partial charge in [0, 0.05) is 18.8 Å². The van der Waals surface area contributed by atoms with E-state index < -0.39 is 0 Å². The number of hydrogen-bond donors (Lipinski definition) is 1. The maximum Gasteiger partial charge on any atom is 0.131 e. The molecule has 3 aromatic rings. The topological polar surface area (TPSA) is 56.7 Å². The summed E-state index contributed by atoms with van der Waals surface area (Å²) < 4.78 is 15.5. The van der Waals surface area contributed by atoms with E-state index in [2.05, 4.69) is 10.1 Å². The molecule has 3 rings (SSSR count). The number of nitrogens with zero attached hydrogens (tertiary/aromatic N) is 3. The monoisotopic (exact) mass is 274 g/mol. The first kappa shape index (κ1) is 11.9. The molecule has 4 nitrogen and oxygen atoms in total. The highest BCUT2D eigenvalue weighted by atomic mass is 32.1. The van der Waals surface area contributed by atoms with Crippen molar-refractivity contribution in [3.8, 4) is 21.7 Å². The first-order valence-corrected chi connectivity index (χ1v) is 6.52. The molecule has 0 saturated carbocycles. The third-order valence-electron chi connectivity index (χ3n) is 2.90. The molecule has 96 valence electrons. The molecule has 0 atom stereocenters. The van der Waals surface area contributed by atoms with Crippen LogP contribution in [0.4, 0.5) is 10.2 Å². The van der Waals surface area contributed by atoms with Crippen LogP contribution in [0, 0.1) is 5.82 Å². The predicted molar refractivity (Wildman–Crippen MR) is 74.1 cm³/mol. The van der Waals surface area contributed by atoms with Crippen molar-refractivity contribution in [1.29, 1.82) is 0 Å². The molecule has 19 heavy (non-hydrogen) atoms. The Hall–Kier alpha value is -2.21. The minimum absolute atomic E-state index is 0.312. The van der Waals surface area contributed by atoms with Gasteiger partial charge in [-0.05, 0) is 6.07 Å². The van der Waals surface area contributed by atoms with Crippen LogP contribution in [-0.4, -0.2) is 14.8 Å². The number of halogens is 1. The molecule has 2 N–H and O–H groups in total. The van der Waals surface area contributed by atoms with Crippen molar-refractivity contribution in [3.05, 3.63) is 41.8 Å². The largest absolute Gasteiger partial charge is 0.383 e. The minimum Gasteiger partial charge on any atom is -0.383 e. The molecule has 0 aliphatic rings. The summed E-state index contributed by atoms with van der Waals surface area (Å²) in [5, 5.41) is 4.37. The molecule has 0 spiro atoms. The molecule has 0 aliphatic heterocycles. The lowest BCUT2D eigenvalue weighted by Gasteiger charge is -2.04. The van der Waals surface area contributed by atoms with E-state index in [1.54, 1.807) is 41.6 Å². The zero-order valence-electron chi connectivity index (χ0n) is 10.2. The first-order valence-electron chi connectivity index (χ1n) is 5.64. The quantitative estimate of drug-likeness (QED) is 0.781. The summed E-state index contributed by atoms with van der Waals surface area (Å²) in [4.78, 5) is 4.90. The van der Waals surface area contributed by atoms with E-state index in [4.69, 9.17) is 5.73 Å². The van der Waals surface area contributed by atoms with Gasteiger partial charge in [0.15, 0.2) is 0 Å². The van der Waals surface area contributed by atoms with Gasteiger partial charge in [-0.3, -0.25) is 9.67 Å². The van der Waals surface area contributed by atoms with Gasteiger partial charge in [0.1, 0.15) is 17.3 Å². The van der Waals surface area contributed by atoms with Crippen LogP contribution in [-0.2, 0) is 7.05 Å². The second-order valence-corrected chi connectivity index (χ2v) is 4.96. The Balaban J connectivity index is 2.29. The number of hydrogen-bond acceptors (Lipinski definition) is 4. The van der Waals surface area contributed by atoms with Crippen LogP contribution in [0.25, 0.3) is 21.7 Å². The van der Waals surface area contributed by atoms with Gasteiger partial charge in [0.05, 0.1) is 16.0 Å². The fourth-order valence-electron chi connectivity index (χ4n) is 1.97. The van der Waals surface area contributed by atoms with E-state index in [0.717, 1.165) is 4.88 Å². The highest BCUT2D eigenvalue weighted by Crippen LogP contribution is 2.38. The molecule has 0 amide bonds. The van der Waals surface area contributed by atoms with E-state index in [1.807, 2.05) is 0 Å². The number of rotatable bonds is 2. The van der Waals surface area contributed by atoms with Crippen LogP contribution >= 0.6 is 11.3 Å². The van der Waals surface area contributed by atoms with Crippen LogP contribution in [0.5, 0.6) is 0 Å². The lowest BCUT2D eigenvalue weighted by atomic mass is 10.0. The van der Waals surface area contributed by atoms with Gasteiger partial charge in [-0.25, -0.2) is 4.39 Å². The summed E-state index contributed by atoms with van der Waals surface area (Å²) in [6.07, 6.45) is 1.71. The second kappa shape index (κ2) is 4.47. The van der Waals surface area contributed by atoms with Crippen molar-refractivity contribution in [2.75, 3.05) is 5.73 Å². The lowest BCUT2D eigenvalue weighted by molar-refractivity contribution is 0.631. The van der Waals surface area contributed by atoms with E-state index in [-0.39, 0.29) is 5.82 Å². The summed E-state index contributed by atoms with van der Waals surface area (Å²) in [6.45, 7) is 0. The predicted octanol–water partition coefficient (Wildman–Crippen LogP) is 2.93. The number of nitrogen functional groups attached to an aromatic ring is 1. The maximum absolute atomic E-state index is 14.0. The van der Waals surface area contributed by atoms with E-state index in [9.17, 15) is 4.39 Å². The minimum atomic E-state index is -0.312. The van der Waals surface area contributed by atoms with Crippen molar-refractivity contribution in [1.82, 2.24) is 14.8 Å². The summed E-state index contributed by atoms with van der Waals surface area (Å²) >= 11 is 1.45. The zero-order valence-corrected chi connectivity index (χ0v) is 11.0. The Labute approximate surface area is 113 Å².